The van der Waals surface area contributed by atoms with Crippen LogP contribution in [0.4, 0.5) is 5.13 Å². The Morgan fingerprint density at radius 3 is 2.66 bits per heavy atom. The number of anilines is 1. The quantitative estimate of drug-likeness (QED) is 0.346. The number of furan rings is 1. The number of carbonyl (C=O) groups excluding carboxylic acids is 2. The molecular formula is C23H22N4O3S2. The SMILES string of the molecule is CC(=O)NCCCc1ccc(-c2csc(NC(=O)Cc3csc(-c4ccco4)n3)n2)cc1. The largest absolute Gasteiger partial charge is 0.462 e. The van der Waals surface area contributed by atoms with E-state index in [4.69, 9.17) is 4.42 Å². The lowest BCUT2D eigenvalue weighted by Crippen LogP contribution is -2.21. The highest BCUT2D eigenvalue weighted by atomic mass is 32.1. The third kappa shape index (κ3) is 5.89. The number of benzene rings is 1. The van der Waals surface area contributed by atoms with Crippen LogP contribution in [0.15, 0.2) is 57.8 Å². The molecule has 1 aromatic carbocycles. The number of amides is 2. The first-order chi connectivity index (χ1) is 15.6. The summed E-state index contributed by atoms with van der Waals surface area (Å²) in [5.41, 5.74) is 3.73. The van der Waals surface area contributed by atoms with E-state index in [-0.39, 0.29) is 18.2 Å². The lowest BCUT2D eigenvalue weighted by molar-refractivity contribution is -0.119. The van der Waals surface area contributed by atoms with E-state index in [9.17, 15) is 9.59 Å². The molecule has 0 aliphatic carbocycles. The number of carbonyl (C=O) groups is 2. The van der Waals surface area contributed by atoms with Crippen LogP contribution in [0.2, 0.25) is 0 Å². The van der Waals surface area contributed by atoms with Crippen LogP contribution in [-0.4, -0.2) is 28.3 Å². The molecule has 0 bridgehead atoms. The molecule has 0 fully saturated rings. The van der Waals surface area contributed by atoms with Gasteiger partial charge in [0.15, 0.2) is 15.9 Å². The monoisotopic (exact) mass is 466 g/mol. The number of hydrogen-bond donors (Lipinski definition) is 2. The van der Waals surface area contributed by atoms with Gasteiger partial charge in [0.2, 0.25) is 11.8 Å². The molecule has 7 nitrogen and oxygen atoms in total. The average molecular weight is 467 g/mol. The van der Waals surface area contributed by atoms with Crippen LogP contribution in [-0.2, 0) is 22.4 Å². The van der Waals surface area contributed by atoms with Crippen molar-refractivity contribution >= 4 is 39.6 Å². The fourth-order valence-corrected chi connectivity index (χ4v) is 4.61. The number of thiazole rings is 2. The molecule has 0 unspecified atom stereocenters. The Hall–Kier alpha value is -3.30. The summed E-state index contributed by atoms with van der Waals surface area (Å²) >= 11 is 2.84. The van der Waals surface area contributed by atoms with E-state index in [0.717, 1.165) is 29.1 Å². The van der Waals surface area contributed by atoms with Crippen LogP contribution < -0.4 is 10.6 Å². The van der Waals surface area contributed by atoms with Gasteiger partial charge in [0.1, 0.15) is 0 Å². The van der Waals surface area contributed by atoms with Crippen LogP contribution in [0, 0.1) is 0 Å². The number of nitrogens with one attached hydrogen (secondary N) is 2. The van der Waals surface area contributed by atoms with Crippen LogP contribution in [0.25, 0.3) is 22.0 Å². The van der Waals surface area contributed by atoms with Crippen molar-refractivity contribution in [1.82, 2.24) is 15.3 Å². The van der Waals surface area contributed by atoms with Gasteiger partial charge in [0, 0.05) is 29.8 Å². The van der Waals surface area contributed by atoms with Gasteiger partial charge in [-0.1, -0.05) is 24.3 Å². The van der Waals surface area contributed by atoms with E-state index >= 15 is 0 Å². The third-order valence-electron chi connectivity index (χ3n) is 4.64. The fourth-order valence-electron chi connectivity index (χ4n) is 3.09. The summed E-state index contributed by atoms with van der Waals surface area (Å²) in [5, 5.41) is 10.8. The lowest BCUT2D eigenvalue weighted by Gasteiger charge is -2.04. The van der Waals surface area contributed by atoms with Gasteiger partial charge in [0.05, 0.1) is 24.1 Å². The highest BCUT2D eigenvalue weighted by Crippen LogP contribution is 2.26. The predicted octanol–water partition coefficient (Wildman–Crippen LogP) is 4.78. The highest BCUT2D eigenvalue weighted by molar-refractivity contribution is 7.14. The molecule has 2 N–H and O–H groups in total. The topological polar surface area (TPSA) is 97.1 Å². The van der Waals surface area contributed by atoms with Gasteiger partial charge in [-0.15, -0.1) is 22.7 Å². The highest BCUT2D eigenvalue weighted by Gasteiger charge is 2.13. The van der Waals surface area contributed by atoms with Crippen molar-refractivity contribution in [3.8, 4) is 22.0 Å². The zero-order chi connectivity index (χ0) is 22.3. The lowest BCUT2D eigenvalue weighted by atomic mass is 10.1. The first kappa shape index (κ1) is 21.9. The Morgan fingerprint density at radius 2 is 1.91 bits per heavy atom. The van der Waals surface area contributed by atoms with Crippen LogP contribution in [0.3, 0.4) is 0 Å². The van der Waals surface area contributed by atoms with E-state index < -0.39 is 0 Å². The summed E-state index contributed by atoms with van der Waals surface area (Å²) in [4.78, 5) is 32.3. The van der Waals surface area contributed by atoms with Crippen molar-refractivity contribution in [2.45, 2.75) is 26.2 Å². The Morgan fingerprint density at radius 1 is 1.06 bits per heavy atom. The molecule has 3 aromatic heterocycles. The van der Waals surface area contributed by atoms with Gasteiger partial charge < -0.3 is 15.1 Å². The van der Waals surface area contributed by atoms with Gasteiger partial charge in [-0.25, -0.2) is 9.97 Å². The molecular weight excluding hydrogens is 444 g/mol. The molecule has 4 aromatic rings. The maximum atomic E-state index is 12.4. The normalized spacial score (nSPS) is 10.8. The summed E-state index contributed by atoms with van der Waals surface area (Å²) in [6.07, 6.45) is 3.58. The third-order valence-corrected chi connectivity index (χ3v) is 6.31. The summed E-state index contributed by atoms with van der Waals surface area (Å²) < 4.78 is 5.34. The molecule has 3 heterocycles. The molecule has 4 rings (SSSR count). The van der Waals surface area contributed by atoms with Crippen LogP contribution in [0.5, 0.6) is 0 Å². The van der Waals surface area contributed by atoms with Crippen molar-refractivity contribution in [2.24, 2.45) is 0 Å². The fraction of sp³-hybridized carbons (Fsp3) is 0.217. The number of aromatic nitrogens is 2. The summed E-state index contributed by atoms with van der Waals surface area (Å²) in [6, 6.07) is 11.8. The number of hydrogen-bond acceptors (Lipinski definition) is 7. The minimum Gasteiger partial charge on any atom is -0.462 e. The van der Waals surface area contributed by atoms with Gasteiger partial charge in [-0.2, -0.15) is 0 Å². The Kier molecular flexibility index (Phi) is 7.08. The van der Waals surface area contributed by atoms with E-state index in [2.05, 4.69) is 32.7 Å². The van der Waals surface area contributed by atoms with E-state index in [1.165, 1.54) is 35.2 Å². The summed E-state index contributed by atoms with van der Waals surface area (Å²) in [6.45, 7) is 2.20. The van der Waals surface area contributed by atoms with Gasteiger partial charge >= 0.3 is 0 Å². The molecule has 0 atom stereocenters. The molecule has 0 aliphatic rings. The van der Waals surface area contributed by atoms with Crippen molar-refractivity contribution < 1.29 is 14.0 Å². The zero-order valence-corrected chi connectivity index (χ0v) is 19.1. The van der Waals surface area contributed by atoms with Crippen molar-refractivity contribution in [3.63, 3.8) is 0 Å². The first-order valence-electron chi connectivity index (χ1n) is 10.1. The minimum atomic E-state index is -0.156. The van der Waals surface area contributed by atoms with Crippen LogP contribution in [0.1, 0.15) is 24.6 Å². The second-order valence-electron chi connectivity index (χ2n) is 7.17. The average Bonchev–Trinajstić information content (AvgIpc) is 3.53. The second-order valence-corrected chi connectivity index (χ2v) is 8.88. The maximum absolute atomic E-state index is 12.4. The van der Waals surface area contributed by atoms with Crippen molar-refractivity contribution in [3.05, 3.63) is 64.7 Å². The molecule has 0 saturated heterocycles. The molecule has 9 heteroatoms. The zero-order valence-electron chi connectivity index (χ0n) is 17.5. The van der Waals surface area contributed by atoms with E-state index in [1.807, 2.05) is 35.0 Å². The molecule has 0 saturated carbocycles. The molecule has 0 spiro atoms. The van der Waals surface area contributed by atoms with Gasteiger partial charge in [0.25, 0.3) is 0 Å². The number of rotatable bonds is 9. The molecule has 164 valence electrons. The second kappa shape index (κ2) is 10.3. The standard InChI is InChI=1S/C23H22N4O3S2/c1-15(28)24-10-2-4-16-6-8-17(9-7-16)19-14-32-23(26-19)27-21(29)12-18-13-31-22(25-18)20-5-3-11-30-20/h3,5-9,11,13-14H,2,4,10,12H2,1H3,(H,24,28)(H,26,27,29). The molecule has 32 heavy (non-hydrogen) atoms. The Bertz CT molecular complexity index is 1180. The smallest absolute Gasteiger partial charge is 0.232 e. The van der Waals surface area contributed by atoms with Gasteiger partial charge in [-0.05, 0) is 30.5 Å². The van der Waals surface area contributed by atoms with E-state index in [0.29, 0.717) is 23.1 Å². The van der Waals surface area contributed by atoms with Crippen LogP contribution >= 0.6 is 22.7 Å². The van der Waals surface area contributed by atoms with Crippen molar-refractivity contribution in [2.75, 3.05) is 11.9 Å². The number of aryl methyl sites for hydroxylation is 1. The molecule has 0 aliphatic heterocycles. The first-order valence-corrected chi connectivity index (χ1v) is 11.9. The number of nitrogens with zero attached hydrogens (tertiary/aromatic N) is 2. The summed E-state index contributed by atoms with van der Waals surface area (Å²) in [7, 11) is 0. The maximum Gasteiger partial charge on any atom is 0.232 e. The Labute approximate surface area is 193 Å². The molecule has 2 amide bonds. The minimum absolute atomic E-state index is 0.00279. The van der Waals surface area contributed by atoms with Gasteiger partial charge in [-0.3, -0.25) is 9.59 Å². The Balaban J connectivity index is 1.29. The molecule has 0 radical (unpaired) electrons. The summed E-state index contributed by atoms with van der Waals surface area (Å²) in [5.74, 6) is 0.540. The van der Waals surface area contributed by atoms with E-state index in [1.54, 1.807) is 6.26 Å². The predicted molar refractivity (Wildman–Crippen MR) is 127 cm³/mol. The van der Waals surface area contributed by atoms with Crippen molar-refractivity contribution in [1.29, 1.82) is 0 Å².